The molecule has 0 saturated carbocycles. The van der Waals surface area contributed by atoms with Crippen LogP contribution in [-0.2, 0) is 14.9 Å². The van der Waals surface area contributed by atoms with Crippen molar-refractivity contribution in [3.8, 4) is 0 Å². The van der Waals surface area contributed by atoms with Gasteiger partial charge in [0, 0.05) is 13.3 Å². The van der Waals surface area contributed by atoms with Crippen LogP contribution >= 0.6 is 0 Å². The predicted molar refractivity (Wildman–Crippen MR) is 119 cm³/mol. The summed E-state index contributed by atoms with van der Waals surface area (Å²) in [5.41, 5.74) is 0.613. The van der Waals surface area contributed by atoms with Gasteiger partial charge in [0.25, 0.3) is 0 Å². The van der Waals surface area contributed by atoms with Gasteiger partial charge in [0.15, 0.2) is 0 Å². The zero-order valence-corrected chi connectivity index (χ0v) is 19.0. The molecule has 0 heterocycles. The lowest BCUT2D eigenvalue weighted by molar-refractivity contribution is -0.897. The Balaban J connectivity index is 2.92. The van der Waals surface area contributed by atoms with E-state index in [-0.39, 0.29) is 11.5 Å². The summed E-state index contributed by atoms with van der Waals surface area (Å²) in [4.78, 5) is 12.2. The van der Waals surface area contributed by atoms with Crippen LogP contribution in [0.4, 0.5) is 0 Å². The van der Waals surface area contributed by atoms with E-state index in [9.17, 15) is 4.79 Å². The third-order valence-electron chi connectivity index (χ3n) is 6.74. The molecule has 0 saturated heterocycles. The summed E-state index contributed by atoms with van der Waals surface area (Å²) in [6.07, 6.45) is 1.37. The third-order valence-corrected chi connectivity index (χ3v) is 6.74. The van der Waals surface area contributed by atoms with E-state index in [4.69, 9.17) is 11.8 Å². The average molecular weight is 395 g/mol. The molecule has 0 fully saturated rings. The minimum atomic E-state index is -0.756. The molecule has 0 amide bonds. The highest BCUT2D eigenvalue weighted by atomic mass is 16.6. The third kappa shape index (κ3) is 4.40. The van der Waals surface area contributed by atoms with Crippen LogP contribution in [0.1, 0.15) is 58.6 Å². The van der Waals surface area contributed by atoms with Gasteiger partial charge in [-0.25, -0.2) is 0 Å². The zero-order valence-electron chi connectivity index (χ0n) is 19.0. The monoisotopic (exact) mass is 394 g/mol. The van der Waals surface area contributed by atoms with Crippen molar-refractivity contribution in [1.29, 1.82) is 0 Å². The van der Waals surface area contributed by atoms with Gasteiger partial charge in [-0.3, -0.25) is 4.79 Å². The highest BCUT2D eigenvalue weighted by Gasteiger charge is 2.56. The highest BCUT2D eigenvalue weighted by molar-refractivity contribution is 5.67. The summed E-state index contributed by atoms with van der Waals surface area (Å²) in [5.74, 6) is -0.273. The standard InChI is InChI=1S/C26H36NO2/c1-9-25(5,29-21(2)28)26(22-16-12-10-13-17-22,23-18-14-11-15-19-23)20-24(3,4)27(6,7)8/h6,10-19H,9,20H2,1-5,7-8H3/q+1. The van der Waals surface area contributed by atoms with E-state index in [0.717, 1.165) is 11.1 Å². The molecule has 0 bridgehead atoms. The van der Waals surface area contributed by atoms with E-state index in [1.165, 1.54) is 6.92 Å². The van der Waals surface area contributed by atoms with Gasteiger partial charge in [-0.1, -0.05) is 67.6 Å². The Hall–Kier alpha value is -2.13. The summed E-state index contributed by atoms with van der Waals surface area (Å²) in [7, 11) is 10.6. The number of quaternary nitrogens is 1. The van der Waals surface area contributed by atoms with Crippen LogP contribution < -0.4 is 0 Å². The number of rotatable bonds is 8. The van der Waals surface area contributed by atoms with Crippen molar-refractivity contribution in [2.75, 3.05) is 14.1 Å². The first kappa shape index (κ1) is 23.2. The lowest BCUT2D eigenvalue weighted by atomic mass is 9.57. The second kappa shape index (κ2) is 8.31. The van der Waals surface area contributed by atoms with Gasteiger partial charge in [-0.2, -0.15) is 0 Å². The number of hydrogen-bond acceptors (Lipinski definition) is 2. The largest absolute Gasteiger partial charge is 0.458 e. The second-order valence-corrected chi connectivity index (χ2v) is 9.34. The molecule has 156 valence electrons. The first-order chi connectivity index (χ1) is 13.4. The molecule has 0 aliphatic rings. The maximum Gasteiger partial charge on any atom is 0.303 e. The fourth-order valence-corrected chi connectivity index (χ4v) is 4.24. The lowest BCUT2D eigenvalue weighted by Crippen LogP contribution is -2.61. The molecule has 2 radical (unpaired) electrons. The Morgan fingerprint density at radius 2 is 1.34 bits per heavy atom. The average Bonchev–Trinajstić information content (AvgIpc) is 2.66. The van der Waals surface area contributed by atoms with E-state index in [1.807, 2.05) is 50.5 Å². The Labute approximate surface area is 177 Å². The van der Waals surface area contributed by atoms with Crippen LogP contribution in [0.5, 0.6) is 0 Å². The molecule has 0 aliphatic carbocycles. The van der Waals surface area contributed by atoms with Crippen molar-refractivity contribution in [3.05, 3.63) is 78.8 Å². The van der Waals surface area contributed by atoms with Crippen molar-refractivity contribution >= 4 is 5.97 Å². The second-order valence-electron chi connectivity index (χ2n) is 9.34. The van der Waals surface area contributed by atoms with Gasteiger partial charge in [-0.05, 0) is 38.3 Å². The van der Waals surface area contributed by atoms with Crippen LogP contribution in [0.25, 0.3) is 0 Å². The summed E-state index contributed by atoms with van der Waals surface area (Å²) in [6.45, 7) is 9.98. The van der Waals surface area contributed by atoms with Gasteiger partial charge in [0.2, 0.25) is 7.05 Å². The Morgan fingerprint density at radius 1 is 0.931 bits per heavy atom. The smallest absolute Gasteiger partial charge is 0.303 e. The normalized spacial score (nSPS) is 14.9. The van der Waals surface area contributed by atoms with Gasteiger partial charge in [-0.15, -0.1) is 0 Å². The molecule has 0 spiro atoms. The molecule has 0 N–H and O–H groups in total. The molecule has 1 atom stereocenters. The van der Waals surface area contributed by atoms with Gasteiger partial charge in [0.05, 0.1) is 25.0 Å². The first-order valence-corrected chi connectivity index (χ1v) is 10.3. The van der Waals surface area contributed by atoms with Crippen LogP contribution in [0.2, 0.25) is 0 Å². The number of carbonyl (C=O) groups excluding carboxylic acids is 1. The van der Waals surface area contributed by atoms with E-state index in [0.29, 0.717) is 17.3 Å². The summed E-state index contributed by atoms with van der Waals surface area (Å²) in [6, 6.07) is 20.8. The maximum absolute atomic E-state index is 12.2. The number of hydrogen-bond donors (Lipinski definition) is 0. The molecule has 2 aromatic carbocycles. The van der Waals surface area contributed by atoms with Crippen molar-refractivity contribution in [3.63, 3.8) is 0 Å². The van der Waals surface area contributed by atoms with Crippen LogP contribution in [0, 0.1) is 7.05 Å². The van der Waals surface area contributed by atoms with Crippen molar-refractivity contribution in [2.45, 2.75) is 64.0 Å². The molecular weight excluding hydrogens is 358 g/mol. The fraction of sp³-hybridized carbons (Fsp3) is 0.462. The number of nitrogens with zero attached hydrogens (tertiary/aromatic N) is 1. The van der Waals surface area contributed by atoms with Crippen molar-refractivity contribution in [1.82, 2.24) is 0 Å². The van der Waals surface area contributed by atoms with Crippen LogP contribution in [-0.4, -0.2) is 35.7 Å². The number of benzene rings is 2. The van der Waals surface area contributed by atoms with Crippen molar-refractivity contribution in [2.24, 2.45) is 0 Å². The maximum atomic E-state index is 12.2. The Bertz CT molecular complexity index is 766. The highest BCUT2D eigenvalue weighted by Crippen LogP contribution is 2.52. The van der Waals surface area contributed by atoms with E-state index >= 15 is 0 Å². The first-order valence-electron chi connectivity index (χ1n) is 10.3. The minimum Gasteiger partial charge on any atom is -0.458 e. The SMILES string of the molecule is [CH][N+](C)(C)C(C)(C)CC(c1ccccc1)(c1ccccc1)C(C)(CC)OC(C)=O. The van der Waals surface area contributed by atoms with Crippen molar-refractivity contribution < 1.29 is 14.0 Å². The summed E-state index contributed by atoms with van der Waals surface area (Å²) < 4.78 is 6.43. The van der Waals surface area contributed by atoms with Crippen LogP contribution in [0.3, 0.4) is 0 Å². The number of esters is 1. The van der Waals surface area contributed by atoms with E-state index in [2.05, 4.69) is 52.0 Å². The molecule has 2 rings (SSSR count). The molecule has 29 heavy (non-hydrogen) atoms. The fourth-order valence-electron chi connectivity index (χ4n) is 4.24. The molecule has 3 nitrogen and oxygen atoms in total. The molecule has 2 aromatic rings. The zero-order chi connectivity index (χ0) is 21.9. The Morgan fingerprint density at radius 3 is 1.66 bits per heavy atom. The lowest BCUT2D eigenvalue weighted by Gasteiger charge is -2.53. The van der Waals surface area contributed by atoms with E-state index in [1.54, 1.807) is 0 Å². The number of carbonyl (C=O) groups is 1. The molecule has 0 aromatic heterocycles. The van der Waals surface area contributed by atoms with Gasteiger partial charge >= 0.3 is 5.97 Å². The van der Waals surface area contributed by atoms with Gasteiger partial charge < -0.3 is 9.22 Å². The number of ether oxygens (including phenoxy) is 1. The summed E-state index contributed by atoms with van der Waals surface area (Å²) >= 11 is 0. The minimum absolute atomic E-state index is 0.273. The Kier molecular flexibility index (Phi) is 6.64. The molecule has 3 heteroatoms. The summed E-state index contributed by atoms with van der Waals surface area (Å²) in [5, 5.41) is 0. The predicted octanol–water partition coefficient (Wildman–Crippen LogP) is 5.62. The van der Waals surface area contributed by atoms with Gasteiger partial charge in [0.1, 0.15) is 5.60 Å². The topological polar surface area (TPSA) is 26.3 Å². The van der Waals surface area contributed by atoms with E-state index < -0.39 is 11.0 Å². The molecule has 0 aliphatic heterocycles. The van der Waals surface area contributed by atoms with Crippen LogP contribution in [0.15, 0.2) is 60.7 Å². The quantitative estimate of drug-likeness (QED) is 0.429. The molecule has 1 unspecified atom stereocenters. The molecular formula is C26H36NO2+.